The molecule has 9 heavy (non-hydrogen) atoms. The Morgan fingerprint density at radius 2 is 2.33 bits per heavy atom. The highest BCUT2D eigenvalue weighted by atomic mass is 16.3. The molecule has 2 heteroatoms. The van der Waals surface area contributed by atoms with E-state index in [2.05, 4.69) is 0 Å². The summed E-state index contributed by atoms with van der Waals surface area (Å²) in [7, 11) is 0. The zero-order chi connectivity index (χ0) is 7.11. The van der Waals surface area contributed by atoms with Gasteiger partial charge in [-0.15, -0.1) is 0 Å². The van der Waals surface area contributed by atoms with E-state index in [4.69, 9.17) is 5.11 Å². The number of hydrogen-bond donors (Lipinski definition) is 1. The lowest BCUT2D eigenvalue weighted by atomic mass is 10.1. The number of aliphatic hydroxyl groups is 1. The van der Waals surface area contributed by atoms with Crippen molar-refractivity contribution in [2.45, 2.75) is 38.7 Å². The number of unbranched alkanes of at least 4 members (excludes halogenated alkanes) is 1. The lowest BCUT2D eigenvalue weighted by Crippen LogP contribution is -2.03. The predicted molar refractivity (Wildman–Crippen MR) is 36.2 cm³/mol. The Kier molecular flexibility index (Phi) is 5.52. The van der Waals surface area contributed by atoms with Crippen LogP contribution < -0.4 is 0 Å². The maximum Gasteiger partial charge on any atom is 0.119 e. The summed E-state index contributed by atoms with van der Waals surface area (Å²) in [4.78, 5) is 9.79. The van der Waals surface area contributed by atoms with Crippen molar-refractivity contribution in [3.63, 3.8) is 0 Å². The Balaban J connectivity index is 2.96. The number of carbonyl (C=O) groups is 1. The minimum absolute atomic E-state index is 0.204. The summed E-state index contributed by atoms with van der Waals surface area (Å²) in [6, 6.07) is 0. The average molecular weight is 130 g/mol. The molecule has 0 aliphatic carbocycles. The molecule has 0 amide bonds. The molecule has 0 radical (unpaired) electrons. The second-order valence-corrected chi connectivity index (χ2v) is 2.16. The first kappa shape index (κ1) is 8.63. The maximum absolute atomic E-state index is 9.79. The van der Waals surface area contributed by atoms with E-state index in [1.165, 1.54) is 0 Å². The van der Waals surface area contributed by atoms with E-state index >= 15 is 0 Å². The van der Waals surface area contributed by atoms with E-state index in [9.17, 15) is 4.79 Å². The van der Waals surface area contributed by atoms with E-state index in [1.807, 2.05) is 6.92 Å². The Bertz CT molecular complexity index is 71.3. The quantitative estimate of drug-likeness (QED) is 0.447. The molecule has 0 aromatic carbocycles. The van der Waals surface area contributed by atoms with Crippen LogP contribution in [0.5, 0.6) is 0 Å². The molecule has 0 saturated carbocycles. The van der Waals surface area contributed by atoms with Crippen molar-refractivity contribution in [1.82, 2.24) is 0 Å². The number of carbonyl (C=O) groups excluding carboxylic acids is 1. The van der Waals surface area contributed by atoms with Gasteiger partial charge in [-0.1, -0.05) is 6.92 Å². The molecule has 2 nitrogen and oxygen atoms in total. The standard InChI is InChI=1S/C7H14O2/c1-2-7(9)5-3-4-6-8/h6-7,9H,2-5H2,1H3. The Morgan fingerprint density at radius 1 is 1.67 bits per heavy atom. The van der Waals surface area contributed by atoms with Crippen LogP contribution in [0, 0.1) is 0 Å². The molecule has 0 aliphatic heterocycles. The third-order valence-corrected chi connectivity index (χ3v) is 1.33. The summed E-state index contributed by atoms with van der Waals surface area (Å²) < 4.78 is 0. The van der Waals surface area contributed by atoms with Crippen molar-refractivity contribution < 1.29 is 9.90 Å². The fourth-order valence-corrected chi connectivity index (χ4v) is 0.641. The highest BCUT2D eigenvalue weighted by Crippen LogP contribution is 2.01. The van der Waals surface area contributed by atoms with Crippen molar-refractivity contribution in [3.8, 4) is 0 Å². The van der Waals surface area contributed by atoms with Crippen LogP contribution in [-0.2, 0) is 4.79 Å². The van der Waals surface area contributed by atoms with E-state index in [0.717, 1.165) is 25.5 Å². The first-order valence-electron chi connectivity index (χ1n) is 3.43. The van der Waals surface area contributed by atoms with Crippen LogP contribution in [0.15, 0.2) is 0 Å². The summed E-state index contributed by atoms with van der Waals surface area (Å²) in [5.74, 6) is 0. The van der Waals surface area contributed by atoms with Crippen molar-refractivity contribution >= 4 is 6.29 Å². The van der Waals surface area contributed by atoms with E-state index < -0.39 is 0 Å². The Morgan fingerprint density at radius 3 is 2.78 bits per heavy atom. The molecule has 0 bridgehead atoms. The molecule has 1 unspecified atom stereocenters. The largest absolute Gasteiger partial charge is 0.393 e. The minimum atomic E-state index is -0.204. The van der Waals surface area contributed by atoms with Gasteiger partial charge in [0, 0.05) is 6.42 Å². The van der Waals surface area contributed by atoms with Crippen LogP contribution in [0.2, 0.25) is 0 Å². The molecule has 54 valence electrons. The van der Waals surface area contributed by atoms with Crippen LogP contribution in [0.4, 0.5) is 0 Å². The average Bonchev–Trinajstić information content (AvgIpc) is 1.89. The summed E-state index contributed by atoms with van der Waals surface area (Å²) in [6.45, 7) is 1.94. The molecule has 0 rings (SSSR count). The number of hydrogen-bond acceptors (Lipinski definition) is 2. The van der Waals surface area contributed by atoms with Gasteiger partial charge >= 0.3 is 0 Å². The highest BCUT2D eigenvalue weighted by molar-refractivity contribution is 5.48. The van der Waals surface area contributed by atoms with E-state index in [-0.39, 0.29) is 6.10 Å². The molecule has 0 aliphatic rings. The maximum atomic E-state index is 9.79. The molecule has 0 aromatic heterocycles. The first-order valence-corrected chi connectivity index (χ1v) is 3.43. The molecule has 0 spiro atoms. The SMILES string of the molecule is CCC(O)CCCC=O. The monoisotopic (exact) mass is 130 g/mol. The predicted octanol–water partition coefficient (Wildman–Crippen LogP) is 1.13. The molecule has 1 N–H and O–H groups in total. The summed E-state index contributed by atoms with van der Waals surface area (Å²) >= 11 is 0. The fourth-order valence-electron chi connectivity index (χ4n) is 0.641. The van der Waals surface area contributed by atoms with Crippen molar-refractivity contribution in [2.24, 2.45) is 0 Å². The Hall–Kier alpha value is -0.370. The molecular formula is C7H14O2. The lowest BCUT2D eigenvalue weighted by Gasteiger charge is -2.03. The summed E-state index contributed by atoms with van der Waals surface area (Å²) in [6.07, 6.45) is 3.64. The molecular weight excluding hydrogens is 116 g/mol. The van der Waals surface area contributed by atoms with Crippen LogP contribution in [-0.4, -0.2) is 17.5 Å². The normalized spacial score (nSPS) is 13.1. The van der Waals surface area contributed by atoms with Gasteiger partial charge in [0.15, 0.2) is 0 Å². The van der Waals surface area contributed by atoms with Gasteiger partial charge in [0.05, 0.1) is 6.10 Å². The number of rotatable bonds is 5. The summed E-state index contributed by atoms with van der Waals surface area (Å²) in [5, 5.41) is 8.97. The second-order valence-electron chi connectivity index (χ2n) is 2.16. The van der Waals surface area contributed by atoms with Crippen LogP contribution in [0.3, 0.4) is 0 Å². The highest BCUT2D eigenvalue weighted by Gasteiger charge is 1.97. The van der Waals surface area contributed by atoms with Gasteiger partial charge in [-0.05, 0) is 19.3 Å². The van der Waals surface area contributed by atoms with Gasteiger partial charge in [0.2, 0.25) is 0 Å². The number of aldehydes is 1. The van der Waals surface area contributed by atoms with Gasteiger partial charge in [-0.3, -0.25) is 0 Å². The smallest absolute Gasteiger partial charge is 0.119 e. The van der Waals surface area contributed by atoms with Gasteiger partial charge in [0.1, 0.15) is 6.29 Å². The first-order chi connectivity index (χ1) is 4.31. The fraction of sp³-hybridized carbons (Fsp3) is 0.857. The molecule has 0 fully saturated rings. The second kappa shape index (κ2) is 5.76. The van der Waals surface area contributed by atoms with Crippen molar-refractivity contribution in [3.05, 3.63) is 0 Å². The number of aliphatic hydroxyl groups excluding tert-OH is 1. The topological polar surface area (TPSA) is 37.3 Å². The molecule has 0 heterocycles. The van der Waals surface area contributed by atoms with Gasteiger partial charge < -0.3 is 9.90 Å². The summed E-state index contributed by atoms with van der Waals surface area (Å²) in [5.41, 5.74) is 0. The van der Waals surface area contributed by atoms with Crippen molar-refractivity contribution in [1.29, 1.82) is 0 Å². The van der Waals surface area contributed by atoms with Crippen LogP contribution in [0.25, 0.3) is 0 Å². The minimum Gasteiger partial charge on any atom is -0.393 e. The van der Waals surface area contributed by atoms with Gasteiger partial charge in [-0.25, -0.2) is 0 Å². The van der Waals surface area contributed by atoms with Gasteiger partial charge in [-0.2, -0.15) is 0 Å². The zero-order valence-corrected chi connectivity index (χ0v) is 5.84. The van der Waals surface area contributed by atoms with E-state index in [1.54, 1.807) is 0 Å². The lowest BCUT2D eigenvalue weighted by molar-refractivity contribution is -0.108. The molecule has 0 saturated heterocycles. The van der Waals surface area contributed by atoms with Gasteiger partial charge in [0.25, 0.3) is 0 Å². The zero-order valence-electron chi connectivity index (χ0n) is 5.84. The molecule has 1 atom stereocenters. The Labute approximate surface area is 55.9 Å². The third-order valence-electron chi connectivity index (χ3n) is 1.33. The molecule has 0 aromatic rings. The van der Waals surface area contributed by atoms with Crippen molar-refractivity contribution in [2.75, 3.05) is 0 Å². The van der Waals surface area contributed by atoms with Crippen LogP contribution in [0.1, 0.15) is 32.6 Å². The van der Waals surface area contributed by atoms with E-state index in [0.29, 0.717) is 6.42 Å². The third kappa shape index (κ3) is 5.50. The van der Waals surface area contributed by atoms with Crippen LogP contribution >= 0.6 is 0 Å².